The molecule has 4 rings (SSSR count). The zero-order chi connectivity index (χ0) is 26.7. The molecule has 5 nitrogen and oxygen atoms in total. The van der Waals surface area contributed by atoms with Crippen LogP contribution in [0.3, 0.4) is 0 Å². The number of nitrogens with zero attached hydrogens (tertiary/aromatic N) is 2. The van der Waals surface area contributed by atoms with Gasteiger partial charge in [-0.15, -0.1) is 0 Å². The summed E-state index contributed by atoms with van der Waals surface area (Å²) < 4.78 is 53.0. The Morgan fingerprint density at radius 2 is 1.86 bits per heavy atom. The van der Waals surface area contributed by atoms with E-state index >= 15 is 0 Å². The zero-order valence-electron chi connectivity index (χ0n) is 19.4. The third kappa shape index (κ3) is 6.69. The highest BCUT2D eigenvalue weighted by Crippen LogP contribution is 2.34. The first-order valence-corrected chi connectivity index (χ1v) is 12.3. The lowest BCUT2D eigenvalue weighted by Gasteiger charge is -2.32. The van der Waals surface area contributed by atoms with Gasteiger partial charge in [0, 0.05) is 17.1 Å². The van der Waals surface area contributed by atoms with Crippen molar-refractivity contribution >= 4 is 51.7 Å². The Morgan fingerprint density at radius 1 is 1.14 bits per heavy atom. The molecule has 3 aromatic rings. The Morgan fingerprint density at radius 3 is 2.54 bits per heavy atom. The van der Waals surface area contributed by atoms with Gasteiger partial charge >= 0.3 is 6.18 Å². The van der Waals surface area contributed by atoms with E-state index in [-0.39, 0.29) is 23.8 Å². The number of thioether (sulfide) groups is 1. The van der Waals surface area contributed by atoms with Crippen molar-refractivity contribution in [3.05, 3.63) is 94.3 Å². The second kappa shape index (κ2) is 10.9. The van der Waals surface area contributed by atoms with Crippen molar-refractivity contribution in [2.45, 2.75) is 31.3 Å². The van der Waals surface area contributed by atoms with Crippen molar-refractivity contribution in [3.63, 3.8) is 0 Å². The summed E-state index contributed by atoms with van der Waals surface area (Å²) >= 11 is 7.09. The van der Waals surface area contributed by atoms with E-state index in [1.165, 1.54) is 41.3 Å². The van der Waals surface area contributed by atoms with Crippen LogP contribution in [0.4, 0.5) is 28.9 Å². The third-order valence-electron chi connectivity index (χ3n) is 5.52. The average molecular weight is 550 g/mol. The number of anilines is 1. The van der Waals surface area contributed by atoms with Crippen molar-refractivity contribution in [2.75, 3.05) is 5.32 Å². The SMILES string of the molecule is Cc1ccc(NC(=O)C2CC(=O)N(Cc3ccc(F)cc3)C(=Nc3cccc(C(F)(F)F)c3)S2)cc1Cl. The van der Waals surface area contributed by atoms with E-state index in [1.54, 1.807) is 18.2 Å². The number of nitrogens with one attached hydrogen (secondary N) is 1. The Balaban J connectivity index is 1.64. The van der Waals surface area contributed by atoms with Gasteiger partial charge in [-0.3, -0.25) is 14.5 Å². The molecule has 2 amide bonds. The highest BCUT2D eigenvalue weighted by atomic mass is 35.5. The Kier molecular flexibility index (Phi) is 7.89. The van der Waals surface area contributed by atoms with Gasteiger partial charge in [-0.2, -0.15) is 13.2 Å². The molecule has 0 saturated carbocycles. The van der Waals surface area contributed by atoms with Crippen LogP contribution in [0.1, 0.15) is 23.1 Å². The number of amidine groups is 1. The minimum absolute atomic E-state index is 0.00577. The maximum Gasteiger partial charge on any atom is 0.416 e. The molecule has 37 heavy (non-hydrogen) atoms. The molecular weight excluding hydrogens is 530 g/mol. The van der Waals surface area contributed by atoms with Gasteiger partial charge in [0.2, 0.25) is 11.8 Å². The van der Waals surface area contributed by atoms with E-state index in [1.807, 2.05) is 6.92 Å². The third-order valence-corrected chi connectivity index (χ3v) is 7.12. The Hall–Kier alpha value is -3.37. The summed E-state index contributed by atoms with van der Waals surface area (Å²) in [5.41, 5.74) is 0.939. The van der Waals surface area contributed by atoms with Crippen LogP contribution in [-0.4, -0.2) is 27.1 Å². The molecule has 0 aromatic heterocycles. The summed E-state index contributed by atoms with van der Waals surface area (Å²) in [6, 6.07) is 14.8. The van der Waals surface area contributed by atoms with Crippen LogP contribution in [0, 0.1) is 12.7 Å². The van der Waals surface area contributed by atoms with E-state index < -0.39 is 34.6 Å². The number of carbonyl (C=O) groups excluding carboxylic acids is 2. The van der Waals surface area contributed by atoms with E-state index in [2.05, 4.69) is 10.3 Å². The summed E-state index contributed by atoms with van der Waals surface area (Å²) in [5.74, 6) is -1.37. The molecule has 192 valence electrons. The van der Waals surface area contributed by atoms with Crippen LogP contribution in [0.15, 0.2) is 71.7 Å². The molecule has 1 saturated heterocycles. The number of rotatable bonds is 5. The smallest absolute Gasteiger partial charge is 0.325 e. The number of halogens is 5. The Bertz CT molecular complexity index is 1360. The minimum atomic E-state index is -4.57. The fraction of sp³-hybridized carbons (Fsp3) is 0.192. The fourth-order valence-corrected chi connectivity index (χ4v) is 4.80. The summed E-state index contributed by atoms with van der Waals surface area (Å²) in [7, 11) is 0. The summed E-state index contributed by atoms with van der Waals surface area (Å²) in [6.45, 7) is 1.82. The molecule has 11 heteroatoms. The minimum Gasteiger partial charge on any atom is -0.325 e. The van der Waals surface area contributed by atoms with Gasteiger partial charge in [0.15, 0.2) is 5.17 Å². The van der Waals surface area contributed by atoms with Crippen molar-refractivity contribution in [3.8, 4) is 0 Å². The molecule has 1 aliphatic heterocycles. The predicted molar refractivity (Wildman–Crippen MR) is 136 cm³/mol. The van der Waals surface area contributed by atoms with E-state index in [0.29, 0.717) is 16.3 Å². The van der Waals surface area contributed by atoms with Crippen molar-refractivity contribution in [1.82, 2.24) is 4.90 Å². The van der Waals surface area contributed by atoms with Crippen molar-refractivity contribution in [2.24, 2.45) is 4.99 Å². The number of aryl methyl sites for hydroxylation is 1. The van der Waals surface area contributed by atoms with Gasteiger partial charge in [-0.25, -0.2) is 9.38 Å². The molecule has 1 unspecified atom stereocenters. The standard InChI is InChI=1S/C26H20ClF4N3O2S/c1-15-5-10-20(12-21(15)27)32-24(36)22-13-23(35)34(14-16-6-8-18(28)9-7-16)25(37-22)33-19-4-2-3-17(11-19)26(29,30)31/h2-12,22H,13-14H2,1H3,(H,32,36). The predicted octanol–water partition coefficient (Wildman–Crippen LogP) is 6.97. The van der Waals surface area contributed by atoms with Crippen molar-refractivity contribution < 1.29 is 27.2 Å². The summed E-state index contributed by atoms with van der Waals surface area (Å²) in [5, 5.41) is 2.35. The lowest BCUT2D eigenvalue weighted by atomic mass is 10.2. The van der Waals surface area contributed by atoms with E-state index in [4.69, 9.17) is 11.6 Å². The molecular formula is C26H20ClF4N3O2S. The average Bonchev–Trinajstić information content (AvgIpc) is 2.84. The summed E-state index contributed by atoms with van der Waals surface area (Å²) in [6.07, 6.45) is -4.74. The molecule has 0 bridgehead atoms. The van der Waals surface area contributed by atoms with Crippen LogP contribution in [0.2, 0.25) is 5.02 Å². The van der Waals surface area contributed by atoms with Crippen LogP contribution >= 0.6 is 23.4 Å². The quantitative estimate of drug-likeness (QED) is 0.350. The second-order valence-corrected chi connectivity index (χ2v) is 9.89. The number of amides is 2. The van der Waals surface area contributed by atoms with Crippen LogP contribution < -0.4 is 5.32 Å². The van der Waals surface area contributed by atoms with Gasteiger partial charge in [0.25, 0.3) is 0 Å². The molecule has 3 aromatic carbocycles. The van der Waals surface area contributed by atoms with E-state index in [0.717, 1.165) is 29.5 Å². The number of benzene rings is 3. The second-order valence-electron chi connectivity index (χ2n) is 8.31. The van der Waals surface area contributed by atoms with Gasteiger partial charge in [0.1, 0.15) is 11.1 Å². The molecule has 0 radical (unpaired) electrons. The van der Waals surface area contributed by atoms with Crippen LogP contribution in [0.5, 0.6) is 0 Å². The number of hydrogen-bond donors (Lipinski definition) is 1. The molecule has 0 spiro atoms. The first-order valence-electron chi connectivity index (χ1n) is 11.0. The normalized spacial score (nSPS) is 17.2. The number of carbonyl (C=O) groups is 2. The van der Waals surface area contributed by atoms with E-state index in [9.17, 15) is 27.2 Å². The number of hydrogen-bond acceptors (Lipinski definition) is 4. The van der Waals surface area contributed by atoms with Gasteiger partial charge in [-0.05, 0) is 60.5 Å². The maximum absolute atomic E-state index is 13.4. The lowest BCUT2D eigenvalue weighted by Crippen LogP contribution is -2.44. The molecule has 1 N–H and O–H groups in total. The highest BCUT2D eigenvalue weighted by Gasteiger charge is 2.36. The monoisotopic (exact) mass is 549 g/mol. The van der Waals surface area contributed by atoms with Crippen LogP contribution in [-0.2, 0) is 22.3 Å². The largest absolute Gasteiger partial charge is 0.416 e. The lowest BCUT2D eigenvalue weighted by molar-refractivity contribution is -0.137. The first-order chi connectivity index (χ1) is 17.5. The first kappa shape index (κ1) is 26.7. The number of alkyl halides is 3. The van der Waals surface area contributed by atoms with Gasteiger partial charge in [0.05, 0.1) is 17.8 Å². The molecule has 1 heterocycles. The van der Waals surface area contributed by atoms with Gasteiger partial charge in [-0.1, -0.05) is 47.6 Å². The van der Waals surface area contributed by atoms with Gasteiger partial charge < -0.3 is 5.32 Å². The maximum atomic E-state index is 13.4. The molecule has 1 aliphatic rings. The van der Waals surface area contributed by atoms with Crippen LogP contribution in [0.25, 0.3) is 0 Å². The zero-order valence-corrected chi connectivity index (χ0v) is 20.9. The fourth-order valence-electron chi connectivity index (χ4n) is 3.52. The number of aliphatic imine (C=N–C) groups is 1. The van der Waals surface area contributed by atoms with Crippen molar-refractivity contribution in [1.29, 1.82) is 0 Å². The molecule has 0 aliphatic carbocycles. The highest BCUT2D eigenvalue weighted by molar-refractivity contribution is 8.15. The Labute approximate surface area is 219 Å². The topological polar surface area (TPSA) is 61.8 Å². The molecule has 1 fully saturated rings. The molecule has 1 atom stereocenters. The summed E-state index contributed by atoms with van der Waals surface area (Å²) in [4.78, 5) is 31.7.